The van der Waals surface area contributed by atoms with Gasteiger partial charge >= 0.3 is 0 Å². The summed E-state index contributed by atoms with van der Waals surface area (Å²) >= 11 is 0. The predicted molar refractivity (Wildman–Crippen MR) is 53.2 cm³/mol. The lowest BCUT2D eigenvalue weighted by molar-refractivity contribution is 0.200. The molecule has 1 fully saturated rings. The van der Waals surface area contributed by atoms with Crippen LogP contribution < -0.4 is 5.73 Å². The third kappa shape index (κ3) is 2.76. The third-order valence-electron chi connectivity index (χ3n) is 2.77. The average Bonchev–Trinajstić information content (AvgIpc) is 2.51. The summed E-state index contributed by atoms with van der Waals surface area (Å²) in [4.78, 5) is 2.54. The van der Waals surface area contributed by atoms with Crippen molar-refractivity contribution >= 4 is 0 Å². The first-order chi connectivity index (χ1) is 5.74. The van der Waals surface area contributed by atoms with Gasteiger partial charge in [-0.2, -0.15) is 0 Å². The van der Waals surface area contributed by atoms with Crippen LogP contribution in [0.25, 0.3) is 0 Å². The summed E-state index contributed by atoms with van der Waals surface area (Å²) in [5.74, 6) is 0. The average molecular weight is 170 g/mol. The van der Waals surface area contributed by atoms with Crippen molar-refractivity contribution in [2.75, 3.05) is 13.1 Å². The van der Waals surface area contributed by atoms with E-state index in [4.69, 9.17) is 5.73 Å². The van der Waals surface area contributed by atoms with Gasteiger partial charge in [-0.25, -0.2) is 0 Å². The van der Waals surface area contributed by atoms with Crippen LogP contribution in [0.3, 0.4) is 0 Å². The Kier molecular flexibility index (Phi) is 4.02. The van der Waals surface area contributed by atoms with Crippen LogP contribution in [0.2, 0.25) is 0 Å². The fourth-order valence-corrected chi connectivity index (χ4v) is 2.18. The van der Waals surface area contributed by atoms with Gasteiger partial charge in [-0.3, -0.25) is 4.90 Å². The smallest absolute Gasteiger partial charge is 0.0139 e. The summed E-state index contributed by atoms with van der Waals surface area (Å²) in [6, 6.07) is 1.16. The van der Waals surface area contributed by atoms with Gasteiger partial charge in [-0.05, 0) is 26.3 Å². The van der Waals surface area contributed by atoms with Gasteiger partial charge in [0.1, 0.15) is 0 Å². The van der Waals surface area contributed by atoms with Crippen molar-refractivity contribution < 1.29 is 0 Å². The molecule has 1 rings (SSSR count). The number of nitrogens with two attached hydrogens (primary N) is 1. The number of likely N-dealkylation sites (N-methyl/N-ethyl adjacent to an activating group) is 1. The van der Waals surface area contributed by atoms with Crippen LogP contribution in [0.15, 0.2) is 0 Å². The normalized spacial score (nSPS) is 22.0. The molecule has 0 amide bonds. The highest BCUT2D eigenvalue weighted by molar-refractivity contribution is 4.78. The molecule has 0 heterocycles. The summed E-state index contributed by atoms with van der Waals surface area (Å²) in [6.45, 7) is 6.56. The third-order valence-corrected chi connectivity index (χ3v) is 2.77. The zero-order valence-corrected chi connectivity index (χ0v) is 8.42. The Hall–Kier alpha value is -0.0800. The highest BCUT2D eigenvalue weighted by Crippen LogP contribution is 2.23. The van der Waals surface area contributed by atoms with E-state index in [1.165, 1.54) is 25.7 Å². The maximum Gasteiger partial charge on any atom is 0.0139 e. The molecule has 1 aliphatic carbocycles. The Morgan fingerprint density at radius 1 is 1.42 bits per heavy atom. The van der Waals surface area contributed by atoms with Crippen molar-refractivity contribution in [3.05, 3.63) is 0 Å². The molecule has 1 aliphatic rings. The maximum absolute atomic E-state index is 5.79. The molecule has 0 aliphatic heterocycles. The molecular formula is C10H22N2. The lowest BCUT2D eigenvalue weighted by Gasteiger charge is -2.28. The highest BCUT2D eigenvalue weighted by Gasteiger charge is 2.21. The number of nitrogens with zero attached hydrogens (tertiary/aromatic N) is 1. The highest BCUT2D eigenvalue weighted by atomic mass is 15.2. The van der Waals surface area contributed by atoms with Crippen LogP contribution in [0.4, 0.5) is 0 Å². The first-order valence-electron chi connectivity index (χ1n) is 5.23. The number of rotatable bonds is 4. The molecule has 0 unspecified atom stereocenters. The molecule has 0 aromatic rings. The van der Waals surface area contributed by atoms with Crippen molar-refractivity contribution in [2.45, 2.75) is 51.6 Å². The molecule has 0 aromatic carbocycles. The van der Waals surface area contributed by atoms with E-state index in [0.717, 1.165) is 19.1 Å². The summed E-state index contributed by atoms with van der Waals surface area (Å²) in [6.07, 6.45) is 5.61. The molecule has 2 N–H and O–H groups in total. The van der Waals surface area contributed by atoms with E-state index >= 15 is 0 Å². The minimum atomic E-state index is 0.325. The van der Waals surface area contributed by atoms with Gasteiger partial charge < -0.3 is 5.73 Å². The van der Waals surface area contributed by atoms with E-state index in [1.54, 1.807) is 0 Å². The van der Waals surface area contributed by atoms with Gasteiger partial charge in [0.25, 0.3) is 0 Å². The first kappa shape index (κ1) is 10.0. The second kappa shape index (κ2) is 4.83. The largest absolute Gasteiger partial charge is 0.327 e. The van der Waals surface area contributed by atoms with Crippen LogP contribution in [-0.2, 0) is 0 Å². The van der Waals surface area contributed by atoms with Crippen molar-refractivity contribution in [3.8, 4) is 0 Å². The van der Waals surface area contributed by atoms with Crippen LogP contribution in [0, 0.1) is 0 Å². The van der Waals surface area contributed by atoms with Crippen LogP contribution in [0.1, 0.15) is 39.5 Å². The first-order valence-corrected chi connectivity index (χ1v) is 5.23. The van der Waals surface area contributed by atoms with E-state index < -0.39 is 0 Å². The molecule has 1 atom stereocenters. The molecule has 0 aromatic heterocycles. The van der Waals surface area contributed by atoms with Crippen molar-refractivity contribution in [1.29, 1.82) is 0 Å². The lowest BCUT2D eigenvalue weighted by atomic mass is 10.2. The van der Waals surface area contributed by atoms with Crippen LogP contribution >= 0.6 is 0 Å². The molecule has 2 nitrogen and oxygen atoms in total. The van der Waals surface area contributed by atoms with E-state index in [-0.39, 0.29) is 0 Å². The summed E-state index contributed by atoms with van der Waals surface area (Å²) in [5, 5.41) is 0. The Morgan fingerprint density at radius 2 is 2.00 bits per heavy atom. The quantitative estimate of drug-likeness (QED) is 0.694. The Bertz CT molecular complexity index is 117. The molecule has 0 radical (unpaired) electrons. The zero-order valence-electron chi connectivity index (χ0n) is 8.42. The molecular weight excluding hydrogens is 148 g/mol. The minimum Gasteiger partial charge on any atom is -0.327 e. The Morgan fingerprint density at radius 3 is 2.42 bits per heavy atom. The standard InChI is InChI=1S/C10H22N2/c1-3-12(8-9(2)11)10-6-4-5-7-10/h9-10H,3-8,11H2,1-2H3/t9-/m1/s1. The zero-order chi connectivity index (χ0) is 8.97. The topological polar surface area (TPSA) is 29.3 Å². The van der Waals surface area contributed by atoms with E-state index in [9.17, 15) is 0 Å². The van der Waals surface area contributed by atoms with Gasteiger partial charge in [0.2, 0.25) is 0 Å². The molecule has 0 saturated heterocycles. The lowest BCUT2D eigenvalue weighted by Crippen LogP contribution is -2.41. The maximum atomic E-state index is 5.79. The summed E-state index contributed by atoms with van der Waals surface area (Å²) in [5.41, 5.74) is 5.79. The number of hydrogen-bond donors (Lipinski definition) is 1. The van der Waals surface area contributed by atoms with Gasteiger partial charge in [-0.1, -0.05) is 19.8 Å². The molecule has 12 heavy (non-hydrogen) atoms. The number of hydrogen-bond acceptors (Lipinski definition) is 2. The van der Waals surface area contributed by atoms with Gasteiger partial charge in [0.15, 0.2) is 0 Å². The van der Waals surface area contributed by atoms with Crippen molar-refractivity contribution in [3.63, 3.8) is 0 Å². The summed E-state index contributed by atoms with van der Waals surface area (Å²) in [7, 11) is 0. The Balaban J connectivity index is 2.32. The van der Waals surface area contributed by atoms with E-state index in [0.29, 0.717) is 6.04 Å². The van der Waals surface area contributed by atoms with Gasteiger partial charge in [-0.15, -0.1) is 0 Å². The fraction of sp³-hybridized carbons (Fsp3) is 1.00. The molecule has 0 bridgehead atoms. The minimum absolute atomic E-state index is 0.325. The molecule has 0 spiro atoms. The predicted octanol–water partition coefficient (Wildman–Crippen LogP) is 1.60. The SMILES string of the molecule is CCN(C[C@@H](C)N)C1CCCC1. The van der Waals surface area contributed by atoms with Crippen LogP contribution in [-0.4, -0.2) is 30.1 Å². The monoisotopic (exact) mass is 170 g/mol. The van der Waals surface area contributed by atoms with Gasteiger partial charge in [0.05, 0.1) is 0 Å². The van der Waals surface area contributed by atoms with Crippen molar-refractivity contribution in [1.82, 2.24) is 4.90 Å². The fourth-order valence-electron chi connectivity index (χ4n) is 2.18. The summed E-state index contributed by atoms with van der Waals surface area (Å²) < 4.78 is 0. The van der Waals surface area contributed by atoms with Gasteiger partial charge in [0, 0.05) is 18.6 Å². The van der Waals surface area contributed by atoms with E-state index in [1.807, 2.05) is 0 Å². The van der Waals surface area contributed by atoms with Crippen molar-refractivity contribution in [2.24, 2.45) is 5.73 Å². The van der Waals surface area contributed by atoms with E-state index in [2.05, 4.69) is 18.7 Å². The Labute approximate surface area is 76.1 Å². The second-order valence-corrected chi connectivity index (χ2v) is 4.00. The molecule has 2 heteroatoms. The second-order valence-electron chi connectivity index (χ2n) is 4.00. The molecule has 72 valence electrons. The molecule has 1 saturated carbocycles. The van der Waals surface area contributed by atoms with Crippen LogP contribution in [0.5, 0.6) is 0 Å².